The van der Waals surface area contributed by atoms with Crippen LogP contribution in [0.3, 0.4) is 0 Å². The molecule has 0 aromatic heterocycles. The van der Waals surface area contributed by atoms with Crippen LogP contribution in [0, 0.1) is 23.7 Å². The molecule has 11 nitrogen and oxygen atoms in total. The molecule has 258 valence electrons. The number of hydrogen-bond donors (Lipinski definition) is 3. The highest BCUT2D eigenvalue weighted by Crippen LogP contribution is 2.40. The molecular formula is C33H60O11. The number of cyclic esters (lactones) is 1. The Kier molecular flexibility index (Phi) is 13.4. The fourth-order valence-electron chi connectivity index (χ4n) is 7.08. The van der Waals surface area contributed by atoms with Gasteiger partial charge in [0.2, 0.25) is 0 Å². The Morgan fingerprint density at radius 2 is 1.48 bits per heavy atom. The Labute approximate surface area is 264 Å². The maximum atomic E-state index is 13.9. The lowest BCUT2D eigenvalue weighted by atomic mass is 9.74. The molecule has 14 atom stereocenters. The average molecular weight is 633 g/mol. The van der Waals surface area contributed by atoms with Crippen molar-refractivity contribution in [1.29, 1.82) is 0 Å². The van der Waals surface area contributed by atoms with E-state index in [0.717, 1.165) is 0 Å². The summed E-state index contributed by atoms with van der Waals surface area (Å²) in [7, 11) is 3.08. The van der Waals surface area contributed by atoms with Crippen LogP contribution in [0.25, 0.3) is 0 Å². The van der Waals surface area contributed by atoms with E-state index >= 15 is 0 Å². The van der Waals surface area contributed by atoms with E-state index in [4.69, 9.17) is 28.4 Å². The monoisotopic (exact) mass is 632 g/mol. The van der Waals surface area contributed by atoms with Crippen LogP contribution in [0.5, 0.6) is 0 Å². The van der Waals surface area contributed by atoms with Gasteiger partial charge < -0.3 is 43.7 Å². The zero-order valence-electron chi connectivity index (χ0n) is 29.2. The first-order valence-electron chi connectivity index (χ1n) is 16.1. The number of carbonyl (C=O) groups is 2. The van der Waals surface area contributed by atoms with Crippen molar-refractivity contribution in [3.05, 3.63) is 0 Å². The van der Waals surface area contributed by atoms with Crippen LogP contribution in [0.1, 0.15) is 95.4 Å². The molecule has 0 amide bonds. The third-order valence-corrected chi connectivity index (χ3v) is 10.1. The third kappa shape index (κ3) is 8.20. The van der Waals surface area contributed by atoms with Gasteiger partial charge in [-0.1, -0.05) is 27.7 Å². The van der Waals surface area contributed by atoms with Crippen molar-refractivity contribution >= 4 is 11.8 Å². The van der Waals surface area contributed by atoms with E-state index in [9.17, 15) is 24.9 Å². The SMILES string of the molecule is CCC1OC(=O)[C@H](C)[C@H](OC2C[C@@](C)(OC)[C@@H](O)[C@H](C)O2)[C@H](C)[C@@H](OC(C)C)[C@@](C)(OC)C[C@@H](C)C(=O)[C@H](C)[C@@H](O)[C@]1(C)O. The number of rotatable bonds is 7. The van der Waals surface area contributed by atoms with Crippen LogP contribution >= 0.6 is 0 Å². The molecule has 2 saturated heterocycles. The Morgan fingerprint density at radius 1 is 0.909 bits per heavy atom. The molecule has 2 aliphatic rings. The van der Waals surface area contributed by atoms with Gasteiger partial charge in [-0.2, -0.15) is 0 Å². The first kappa shape index (κ1) is 39.0. The maximum absolute atomic E-state index is 13.9. The molecule has 0 bridgehead atoms. The molecule has 3 N–H and O–H groups in total. The summed E-state index contributed by atoms with van der Waals surface area (Å²) >= 11 is 0. The second-order valence-corrected chi connectivity index (χ2v) is 14.1. The minimum atomic E-state index is -1.91. The number of ketones is 1. The van der Waals surface area contributed by atoms with Crippen LogP contribution in [0.4, 0.5) is 0 Å². The molecule has 0 spiro atoms. The van der Waals surface area contributed by atoms with E-state index in [1.54, 1.807) is 48.7 Å². The standard InChI is InChI=1S/C33H60O11/c1-14-23-33(11,38)27(35)19(5)25(34)18(4)15-32(10,40-13)29(41-17(2)3)20(6)26(21(7)30(37)43-23)44-24-16-31(9,39-12)28(36)22(8)42-24/h17-24,26-29,35-36,38H,14-16H2,1-13H3/t18-,19+,20+,21-,22+,23?,24?,26-,27-,28+,29-,31-,32+,33-/m1/s1. The molecule has 0 saturated carbocycles. The van der Waals surface area contributed by atoms with E-state index in [1.165, 1.54) is 14.0 Å². The molecule has 0 aliphatic carbocycles. The molecule has 2 heterocycles. The number of hydrogen-bond acceptors (Lipinski definition) is 11. The summed E-state index contributed by atoms with van der Waals surface area (Å²) in [5.74, 6) is -3.80. The fraction of sp³-hybridized carbons (Fsp3) is 0.939. The summed E-state index contributed by atoms with van der Waals surface area (Å²) in [5.41, 5.74) is -3.89. The van der Waals surface area contributed by atoms with E-state index in [1.807, 2.05) is 27.7 Å². The molecule has 2 fully saturated rings. The largest absolute Gasteiger partial charge is 0.459 e. The van der Waals surface area contributed by atoms with E-state index in [-0.39, 0.29) is 31.1 Å². The first-order chi connectivity index (χ1) is 20.2. The minimum Gasteiger partial charge on any atom is -0.459 e. The number of Topliss-reactive ketones (excluding diaryl/α,β-unsaturated/α-hetero) is 1. The Bertz CT molecular complexity index is 956. The van der Waals surface area contributed by atoms with Gasteiger partial charge in [0, 0.05) is 38.4 Å². The summed E-state index contributed by atoms with van der Waals surface area (Å²) in [5, 5.41) is 33.5. The molecule has 2 rings (SSSR count). The number of ether oxygens (including phenoxy) is 6. The second kappa shape index (κ2) is 15.2. The van der Waals surface area contributed by atoms with Crippen LogP contribution in [0.2, 0.25) is 0 Å². The Hall–Kier alpha value is -1.18. The molecule has 11 heteroatoms. The van der Waals surface area contributed by atoms with Crippen LogP contribution in [-0.2, 0) is 38.0 Å². The van der Waals surface area contributed by atoms with Gasteiger partial charge in [0.15, 0.2) is 6.29 Å². The van der Waals surface area contributed by atoms with Crippen molar-refractivity contribution in [2.45, 2.75) is 161 Å². The minimum absolute atomic E-state index is 0.194. The van der Waals surface area contributed by atoms with Gasteiger partial charge in [-0.05, 0) is 61.3 Å². The summed E-state index contributed by atoms with van der Waals surface area (Å²) < 4.78 is 36.9. The van der Waals surface area contributed by atoms with Crippen LogP contribution in [0.15, 0.2) is 0 Å². The van der Waals surface area contributed by atoms with Crippen molar-refractivity contribution in [2.75, 3.05) is 14.2 Å². The highest BCUT2D eigenvalue weighted by atomic mass is 16.7. The first-order valence-corrected chi connectivity index (χ1v) is 16.1. The van der Waals surface area contributed by atoms with Crippen molar-refractivity contribution in [1.82, 2.24) is 0 Å². The molecule has 2 unspecified atom stereocenters. The summed E-state index contributed by atoms with van der Waals surface area (Å²) in [6.07, 6.45) is -6.05. The number of aliphatic hydroxyl groups excluding tert-OH is 2. The maximum Gasteiger partial charge on any atom is 0.311 e. The second-order valence-electron chi connectivity index (χ2n) is 14.1. The van der Waals surface area contributed by atoms with Gasteiger partial charge in [0.1, 0.15) is 23.6 Å². The Balaban J connectivity index is 2.71. The highest BCUT2D eigenvalue weighted by molar-refractivity contribution is 5.83. The fourth-order valence-corrected chi connectivity index (χ4v) is 7.08. The highest BCUT2D eigenvalue weighted by Gasteiger charge is 2.52. The molecular weight excluding hydrogens is 572 g/mol. The lowest BCUT2D eigenvalue weighted by Gasteiger charge is -2.48. The quantitative estimate of drug-likeness (QED) is 0.354. The van der Waals surface area contributed by atoms with Gasteiger partial charge in [0.05, 0.1) is 47.6 Å². The molecule has 44 heavy (non-hydrogen) atoms. The smallest absolute Gasteiger partial charge is 0.311 e. The van der Waals surface area contributed by atoms with E-state index in [0.29, 0.717) is 0 Å². The molecule has 0 aromatic rings. The lowest BCUT2D eigenvalue weighted by Crippen LogP contribution is -2.59. The predicted molar refractivity (Wildman–Crippen MR) is 164 cm³/mol. The summed E-state index contributed by atoms with van der Waals surface area (Å²) in [6.45, 7) is 19.3. The normalized spacial score (nSPS) is 46.9. The predicted octanol–water partition coefficient (Wildman–Crippen LogP) is 3.42. The van der Waals surface area contributed by atoms with Crippen molar-refractivity contribution in [3.63, 3.8) is 0 Å². The number of esters is 1. The van der Waals surface area contributed by atoms with E-state index in [2.05, 4.69) is 0 Å². The zero-order chi connectivity index (χ0) is 33.9. The number of methoxy groups -OCH3 is 2. The lowest BCUT2D eigenvalue weighted by molar-refractivity contribution is -0.301. The van der Waals surface area contributed by atoms with Crippen LogP contribution < -0.4 is 0 Å². The van der Waals surface area contributed by atoms with Gasteiger partial charge in [-0.25, -0.2) is 0 Å². The van der Waals surface area contributed by atoms with Gasteiger partial charge >= 0.3 is 5.97 Å². The number of carbonyl (C=O) groups excluding carboxylic acids is 2. The summed E-state index contributed by atoms with van der Waals surface area (Å²) in [6, 6.07) is 0. The van der Waals surface area contributed by atoms with Crippen molar-refractivity contribution < 1.29 is 53.3 Å². The third-order valence-electron chi connectivity index (χ3n) is 10.1. The van der Waals surface area contributed by atoms with Gasteiger partial charge in [0.25, 0.3) is 0 Å². The average Bonchev–Trinajstić information content (AvgIpc) is 2.97. The van der Waals surface area contributed by atoms with Gasteiger partial charge in [-0.3, -0.25) is 9.59 Å². The molecule has 0 aromatic carbocycles. The molecule has 2 aliphatic heterocycles. The van der Waals surface area contributed by atoms with Crippen molar-refractivity contribution in [2.24, 2.45) is 23.7 Å². The van der Waals surface area contributed by atoms with Gasteiger partial charge in [-0.15, -0.1) is 0 Å². The zero-order valence-corrected chi connectivity index (χ0v) is 29.2. The van der Waals surface area contributed by atoms with Crippen molar-refractivity contribution in [3.8, 4) is 0 Å². The Morgan fingerprint density at radius 3 is 1.98 bits per heavy atom. The molecule has 0 radical (unpaired) electrons. The van der Waals surface area contributed by atoms with E-state index < -0.39 is 89.4 Å². The topological polar surface area (TPSA) is 150 Å². The van der Waals surface area contributed by atoms with Crippen LogP contribution in [-0.4, -0.2) is 107 Å². The number of aliphatic hydroxyl groups is 3. The summed E-state index contributed by atoms with van der Waals surface area (Å²) in [4.78, 5) is 27.5.